The molecule has 0 saturated carbocycles. The van der Waals surface area contributed by atoms with Gasteiger partial charge in [0.1, 0.15) is 11.4 Å². The molecule has 0 aliphatic heterocycles. The van der Waals surface area contributed by atoms with Crippen LogP contribution in [-0.2, 0) is 0 Å². The van der Waals surface area contributed by atoms with Crippen molar-refractivity contribution in [2.75, 3.05) is 0 Å². The average molecular weight is 410 g/mol. The van der Waals surface area contributed by atoms with Gasteiger partial charge >= 0.3 is 0 Å². The lowest BCUT2D eigenvalue weighted by Gasteiger charge is -2.21. The molecular weight excluding hydrogens is 392 g/mol. The van der Waals surface area contributed by atoms with Crippen LogP contribution in [0.15, 0.2) is 72.8 Å². The predicted molar refractivity (Wildman–Crippen MR) is 112 cm³/mol. The molecule has 0 aliphatic rings. The van der Waals surface area contributed by atoms with Gasteiger partial charge in [0, 0.05) is 25.7 Å². The zero-order valence-electron chi connectivity index (χ0n) is 15.9. The smallest absolute Gasteiger partial charge is 0.161 e. The first kappa shape index (κ1) is 19.4. The minimum Gasteiger partial charge on any atom is -0.293 e. The number of hydrogen-bond donors (Lipinski definition) is 0. The first-order valence-electron chi connectivity index (χ1n) is 9.08. The summed E-state index contributed by atoms with van der Waals surface area (Å²) in [5.41, 5.74) is 1.96. The van der Waals surface area contributed by atoms with E-state index >= 15 is 0 Å². The first-order chi connectivity index (χ1) is 14.0. The lowest BCUT2D eigenvalue weighted by atomic mass is 10.2. The molecule has 4 aromatic rings. The SMILES string of the molecule is Cc1nc(P(c2ccccc2)c2ccccc2)n(-c2cc(F)c(F)cc2F)c1C. The van der Waals surface area contributed by atoms with Gasteiger partial charge in [0.15, 0.2) is 11.6 Å². The highest BCUT2D eigenvalue weighted by Crippen LogP contribution is 2.34. The van der Waals surface area contributed by atoms with Crippen molar-refractivity contribution in [3.05, 3.63) is 102 Å². The standard InChI is InChI=1S/C23H18F3N2P/c1-15-16(2)28(22-14-20(25)19(24)13-21(22)26)23(27-15)29(17-9-5-3-6-10-17)18-11-7-4-8-12-18/h3-14H,1-2H3. The van der Waals surface area contributed by atoms with Crippen molar-refractivity contribution in [3.8, 4) is 5.69 Å². The topological polar surface area (TPSA) is 17.8 Å². The number of aryl methyl sites for hydroxylation is 1. The molecule has 0 bridgehead atoms. The van der Waals surface area contributed by atoms with E-state index in [0.29, 0.717) is 23.0 Å². The maximum absolute atomic E-state index is 14.7. The molecule has 6 heteroatoms. The molecule has 29 heavy (non-hydrogen) atoms. The van der Waals surface area contributed by atoms with Gasteiger partial charge in [-0.25, -0.2) is 18.2 Å². The highest BCUT2D eigenvalue weighted by molar-refractivity contribution is 7.79. The van der Waals surface area contributed by atoms with Crippen LogP contribution in [0, 0.1) is 31.3 Å². The van der Waals surface area contributed by atoms with Gasteiger partial charge in [0.25, 0.3) is 0 Å². The van der Waals surface area contributed by atoms with Gasteiger partial charge < -0.3 is 0 Å². The Bertz CT molecular complexity index is 1120. The largest absolute Gasteiger partial charge is 0.293 e. The minimum atomic E-state index is -1.21. The summed E-state index contributed by atoms with van der Waals surface area (Å²) in [5.74, 6) is -3.14. The van der Waals surface area contributed by atoms with Crippen molar-refractivity contribution in [1.82, 2.24) is 9.55 Å². The van der Waals surface area contributed by atoms with E-state index < -0.39 is 25.4 Å². The van der Waals surface area contributed by atoms with Gasteiger partial charge in [-0.05, 0) is 24.5 Å². The Hall–Kier alpha value is -2.91. The Morgan fingerprint density at radius 1 is 0.724 bits per heavy atom. The van der Waals surface area contributed by atoms with Crippen molar-refractivity contribution in [2.24, 2.45) is 0 Å². The van der Waals surface area contributed by atoms with E-state index in [0.717, 1.165) is 16.7 Å². The fourth-order valence-corrected chi connectivity index (χ4v) is 5.66. The summed E-state index contributed by atoms with van der Waals surface area (Å²) in [6.07, 6.45) is 0. The van der Waals surface area contributed by atoms with Gasteiger partial charge in [-0.3, -0.25) is 4.57 Å². The van der Waals surface area contributed by atoms with E-state index in [9.17, 15) is 13.2 Å². The van der Waals surface area contributed by atoms with Crippen molar-refractivity contribution >= 4 is 24.1 Å². The summed E-state index contributed by atoms with van der Waals surface area (Å²) < 4.78 is 43.8. The third-order valence-corrected chi connectivity index (χ3v) is 7.12. The maximum atomic E-state index is 14.7. The van der Waals surface area contributed by atoms with Crippen molar-refractivity contribution in [2.45, 2.75) is 13.8 Å². The van der Waals surface area contributed by atoms with Gasteiger partial charge in [-0.15, -0.1) is 0 Å². The summed E-state index contributed by atoms with van der Waals surface area (Å²) in [6.45, 7) is 3.63. The molecule has 3 aromatic carbocycles. The van der Waals surface area contributed by atoms with Crippen LogP contribution in [0.1, 0.15) is 11.4 Å². The molecule has 0 aliphatic carbocycles. The van der Waals surface area contributed by atoms with Gasteiger partial charge in [-0.1, -0.05) is 60.7 Å². The molecule has 2 nitrogen and oxygen atoms in total. The Labute approximate surface area is 168 Å². The Balaban J connectivity index is 2.01. The van der Waals surface area contributed by atoms with Crippen LogP contribution in [0.4, 0.5) is 13.2 Å². The maximum Gasteiger partial charge on any atom is 0.161 e. The molecule has 0 N–H and O–H groups in total. The third-order valence-electron chi connectivity index (χ3n) is 4.79. The fraction of sp³-hybridized carbons (Fsp3) is 0.0870. The number of imidazole rings is 1. The van der Waals surface area contributed by atoms with E-state index in [-0.39, 0.29) is 5.69 Å². The molecule has 1 heterocycles. The number of hydrogen-bond acceptors (Lipinski definition) is 1. The lowest BCUT2D eigenvalue weighted by Crippen LogP contribution is -2.28. The van der Waals surface area contributed by atoms with E-state index in [1.807, 2.05) is 67.6 Å². The number of halogens is 3. The Kier molecular flexibility index (Phi) is 5.25. The molecule has 0 unspecified atom stereocenters. The van der Waals surface area contributed by atoms with Crippen LogP contribution in [0.2, 0.25) is 0 Å². The van der Waals surface area contributed by atoms with E-state index in [2.05, 4.69) is 0 Å². The highest BCUT2D eigenvalue weighted by Gasteiger charge is 2.26. The third kappa shape index (κ3) is 3.58. The van der Waals surface area contributed by atoms with Gasteiger partial charge in [0.05, 0.1) is 11.4 Å². The molecule has 0 atom stereocenters. The van der Waals surface area contributed by atoms with Gasteiger partial charge in [0.2, 0.25) is 0 Å². The molecule has 1 aromatic heterocycles. The molecule has 0 fully saturated rings. The highest BCUT2D eigenvalue weighted by atomic mass is 31.1. The van der Waals surface area contributed by atoms with Crippen LogP contribution in [0.25, 0.3) is 5.69 Å². The summed E-state index contributed by atoms with van der Waals surface area (Å²) >= 11 is 0. The van der Waals surface area contributed by atoms with Crippen molar-refractivity contribution < 1.29 is 13.2 Å². The molecule has 0 spiro atoms. The van der Waals surface area contributed by atoms with Gasteiger partial charge in [-0.2, -0.15) is 0 Å². The zero-order valence-corrected chi connectivity index (χ0v) is 16.8. The van der Waals surface area contributed by atoms with Crippen LogP contribution in [-0.4, -0.2) is 9.55 Å². The summed E-state index contributed by atoms with van der Waals surface area (Å²) in [7, 11) is -1.15. The number of benzene rings is 3. The molecule has 0 saturated heterocycles. The molecular formula is C23H18F3N2P. The molecule has 4 rings (SSSR count). The summed E-state index contributed by atoms with van der Waals surface area (Å²) in [4.78, 5) is 4.74. The number of rotatable bonds is 4. The minimum absolute atomic E-state index is 0.0450. The van der Waals surface area contributed by atoms with E-state index in [1.54, 1.807) is 11.5 Å². The van der Waals surface area contributed by atoms with E-state index in [1.165, 1.54) is 0 Å². The lowest BCUT2D eigenvalue weighted by molar-refractivity contribution is 0.493. The second kappa shape index (κ2) is 7.84. The van der Waals surface area contributed by atoms with Crippen LogP contribution in [0.3, 0.4) is 0 Å². The first-order valence-corrected chi connectivity index (χ1v) is 10.4. The summed E-state index contributed by atoms with van der Waals surface area (Å²) in [6, 6.07) is 21.1. The van der Waals surface area contributed by atoms with Crippen LogP contribution < -0.4 is 16.2 Å². The van der Waals surface area contributed by atoms with Crippen molar-refractivity contribution in [3.63, 3.8) is 0 Å². The van der Waals surface area contributed by atoms with Crippen LogP contribution in [0.5, 0.6) is 0 Å². The van der Waals surface area contributed by atoms with Crippen molar-refractivity contribution in [1.29, 1.82) is 0 Å². The summed E-state index contributed by atoms with van der Waals surface area (Å²) in [5, 5.41) is 2.06. The zero-order chi connectivity index (χ0) is 20.5. The second-order valence-electron chi connectivity index (χ2n) is 6.64. The molecule has 146 valence electrons. The Morgan fingerprint density at radius 2 is 1.24 bits per heavy atom. The van der Waals surface area contributed by atoms with Crippen LogP contribution >= 0.6 is 7.92 Å². The normalized spacial score (nSPS) is 11.2. The Morgan fingerprint density at radius 3 is 1.79 bits per heavy atom. The quantitative estimate of drug-likeness (QED) is 0.353. The average Bonchev–Trinajstić information content (AvgIpc) is 3.01. The second-order valence-corrected chi connectivity index (χ2v) is 8.75. The van der Waals surface area contributed by atoms with E-state index in [4.69, 9.17) is 4.98 Å². The fourth-order valence-electron chi connectivity index (χ4n) is 3.25. The number of nitrogens with zero attached hydrogens (tertiary/aromatic N) is 2. The molecule has 0 amide bonds. The number of aromatic nitrogens is 2. The predicted octanol–water partition coefficient (Wildman–Crippen LogP) is 4.66. The molecule has 0 radical (unpaired) electrons. The monoisotopic (exact) mass is 410 g/mol.